The number of thiazole rings is 1. The Morgan fingerprint density at radius 3 is 2.56 bits per heavy atom. The zero-order valence-corrected chi connectivity index (χ0v) is 10.9. The summed E-state index contributed by atoms with van der Waals surface area (Å²) in [6, 6.07) is 0. The van der Waals surface area contributed by atoms with Gasteiger partial charge in [-0.25, -0.2) is 4.98 Å². The topological polar surface area (TPSA) is 59.2 Å². The Balaban J connectivity index is 2.90. The highest BCUT2D eigenvalue weighted by Gasteiger charge is 2.18. The molecule has 0 saturated heterocycles. The van der Waals surface area contributed by atoms with Crippen molar-refractivity contribution in [3.63, 3.8) is 0 Å². The van der Waals surface area contributed by atoms with Gasteiger partial charge in [0.1, 0.15) is 4.88 Å². The summed E-state index contributed by atoms with van der Waals surface area (Å²) >= 11 is 1.47. The minimum absolute atomic E-state index is 0.0864. The van der Waals surface area contributed by atoms with Crippen LogP contribution < -0.4 is 5.73 Å². The third kappa shape index (κ3) is 2.80. The number of nitrogens with two attached hydrogens (primary N) is 1. The van der Waals surface area contributed by atoms with Gasteiger partial charge < -0.3 is 10.6 Å². The fourth-order valence-corrected chi connectivity index (χ4v) is 2.58. The number of hydrogen-bond donors (Lipinski definition) is 1. The molecule has 0 bridgehead atoms. The van der Waals surface area contributed by atoms with E-state index in [0.717, 1.165) is 35.1 Å². The Bertz CT molecular complexity index is 358. The lowest BCUT2D eigenvalue weighted by Gasteiger charge is -2.17. The van der Waals surface area contributed by atoms with Crippen LogP contribution in [-0.2, 0) is 6.42 Å². The molecule has 4 nitrogen and oxygen atoms in total. The van der Waals surface area contributed by atoms with E-state index in [2.05, 4.69) is 4.98 Å². The first kappa shape index (κ1) is 13.1. The van der Waals surface area contributed by atoms with Gasteiger partial charge in [0.15, 0.2) is 0 Å². The average Bonchev–Trinajstić information content (AvgIpc) is 2.61. The van der Waals surface area contributed by atoms with Crippen LogP contribution in [0.5, 0.6) is 0 Å². The summed E-state index contributed by atoms with van der Waals surface area (Å²) in [5.74, 6) is 0.0864. The Hall–Kier alpha value is -0.940. The van der Waals surface area contributed by atoms with E-state index in [-0.39, 0.29) is 5.91 Å². The van der Waals surface area contributed by atoms with E-state index < -0.39 is 0 Å². The first-order chi connectivity index (χ1) is 7.63. The van der Waals surface area contributed by atoms with Crippen LogP contribution >= 0.6 is 11.3 Å². The minimum Gasteiger partial charge on any atom is -0.338 e. The van der Waals surface area contributed by atoms with Crippen molar-refractivity contribution in [2.75, 3.05) is 19.6 Å². The van der Waals surface area contributed by atoms with Gasteiger partial charge in [0.2, 0.25) is 0 Å². The summed E-state index contributed by atoms with van der Waals surface area (Å²) in [4.78, 5) is 19.0. The number of aromatic nitrogens is 1. The Labute approximate surface area is 100 Å². The van der Waals surface area contributed by atoms with Crippen LogP contribution in [0, 0.1) is 6.92 Å². The molecule has 0 atom stereocenters. The summed E-state index contributed by atoms with van der Waals surface area (Å²) < 4.78 is 0. The van der Waals surface area contributed by atoms with E-state index in [1.807, 2.05) is 25.7 Å². The summed E-state index contributed by atoms with van der Waals surface area (Å²) in [7, 11) is 0. The zero-order chi connectivity index (χ0) is 12.1. The van der Waals surface area contributed by atoms with Crippen LogP contribution in [0.4, 0.5) is 0 Å². The lowest BCUT2D eigenvalue weighted by molar-refractivity contribution is 0.0777. The predicted octanol–water partition coefficient (Wildman–Crippen LogP) is 1.43. The third-order valence-corrected chi connectivity index (χ3v) is 3.65. The molecule has 0 fully saturated rings. The highest BCUT2D eigenvalue weighted by molar-refractivity contribution is 7.13. The van der Waals surface area contributed by atoms with Crippen LogP contribution in [0.1, 0.15) is 34.2 Å². The molecule has 1 heterocycles. The van der Waals surface area contributed by atoms with Crippen molar-refractivity contribution >= 4 is 17.2 Å². The number of aryl methyl sites for hydroxylation is 1. The largest absolute Gasteiger partial charge is 0.338 e. The SMILES string of the molecule is CCN(CC)C(=O)c1sc(CCN)nc1C. The summed E-state index contributed by atoms with van der Waals surface area (Å²) in [5.41, 5.74) is 6.30. The summed E-state index contributed by atoms with van der Waals surface area (Å²) in [6.45, 7) is 7.90. The number of carbonyl (C=O) groups excluding carboxylic acids is 1. The van der Waals surface area contributed by atoms with Crippen LogP contribution in [-0.4, -0.2) is 35.4 Å². The van der Waals surface area contributed by atoms with Crippen molar-refractivity contribution in [1.29, 1.82) is 0 Å². The first-order valence-corrected chi connectivity index (χ1v) is 6.41. The van der Waals surface area contributed by atoms with Gasteiger partial charge in [-0.05, 0) is 27.3 Å². The molecule has 1 aromatic rings. The maximum Gasteiger partial charge on any atom is 0.265 e. The van der Waals surface area contributed by atoms with Crippen molar-refractivity contribution in [1.82, 2.24) is 9.88 Å². The second kappa shape index (κ2) is 5.96. The maximum atomic E-state index is 12.1. The Morgan fingerprint density at radius 1 is 1.44 bits per heavy atom. The molecule has 0 radical (unpaired) electrons. The fourth-order valence-electron chi connectivity index (χ4n) is 1.54. The Morgan fingerprint density at radius 2 is 2.06 bits per heavy atom. The highest BCUT2D eigenvalue weighted by Crippen LogP contribution is 2.20. The second-order valence-electron chi connectivity index (χ2n) is 3.54. The van der Waals surface area contributed by atoms with Crippen molar-refractivity contribution in [3.05, 3.63) is 15.6 Å². The van der Waals surface area contributed by atoms with Crippen molar-refractivity contribution in [2.45, 2.75) is 27.2 Å². The fraction of sp³-hybridized carbons (Fsp3) is 0.636. The van der Waals surface area contributed by atoms with Gasteiger partial charge in [0, 0.05) is 19.5 Å². The van der Waals surface area contributed by atoms with Crippen LogP contribution in [0.2, 0.25) is 0 Å². The standard InChI is InChI=1S/C11H19N3OS/c1-4-14(5-2)11(15)10-8(3)13-9(16-10)6-7-12/h4-7,12H2,1-3H3. The first-order valence-electron chi connectivity index (χ1n) is 5.59. The predicted molar refractivity (Wildman–Crippen MR) is 66.9 cm³/mol. The number of nitrogens with zero attached hydrogens (tertiary/aromatic N) is 2. The van der Waals surface area contributed by atoms with Gasteiger partial charge in [0.05, 0.1) is 10.7 Å². The van der Waals surface area contributed by atoms with Crippen molar-refractivity contribution in [2.24, 2.45) is 5.73 Å². The molecule has 5 heteroatoms. The van der Waals surface area contributed by atoms with E-state index >= 15 is 0 Å². The summed E-state index contributed by atoms with van der Waals surface area (Å²) in [6.07, 6.45) is 0.747. The molecule has 90 valence electrons. The molecule has 1 amide bonds. The normalized spacial score (nSPS) is 10.5. The van der Waals surface area contributed by atoms with E-state index in [1.165, 1.54) is 11.3 Å². The molecule has 0 saturated carbocycles. The number of carbonyl (C=O) groups is 1. The van der Waals surface area contributed by atoms with Gasteiger partial charge in [-0.3, -0.25) is 4.79 Å². The molecule has 1 rings (SSSR count). The monoisotopic (exact) mass is 241 g/mol. The molecular formula is C11H19N3OS. The smallest absolute Gasteiger partial charge is 0.265 e. The van der Waals surface area contributed by atoms with Crippen LogP contribution in [0.15, 0.2) is 0 Å². The van der Waals surface area contributed by atoms with Gasteiger partial charge >= 0.3 is 0 Å². The van der Waals surface area contributed by atoms with E-state index in [4.69, 9.17) is 5.73 Å². The number of rotatable bonds is 5. The molecule has 0 aromatic carbocycles. The molecule has 0 aliphatic heterocycles. The van der Waals surface area contributed by atoms with E-state index in [0.29, 0.717) is 6.54 Å². The number of amides is 1. The van der Waals surface area contributed by atoms with E-state index in [1.54, 1.807) is 0 Å². The van der Waals surface area contributed by atoms with E-state index in [9.17, 15) is 4.79 Å². The molecule has 2 N–H and O–H groups in total. The molecule has 0 unspecified atom stereocenters. The molecular weight excluding hydrogens is 222 g/mol. The third-order valence-electron chi connectivity index (χ3n) is 2.44. The second-order valence-corrected chi connectivity index (χ2v) is 4.62. The molecule has 0 spiro atoms. The van der Waals surface area contributed by atoms with Crippen LogP contribution in [0.25, 0.3) is 0 Å². The highest BCUT2D eigenvalue weighted by atomic mass is 32.1. The quantitative estimate of drug-likeness (QED) is 0.848. The van der Waals surface area contributed by atoms with Crippen molar-refractivity contribution < 1.29 is 4.79 Å². The van der Waals surface area contributed by atoms with Gasteiger partial charge in [0.25, 0.3) is 5.91 Å². The zero-order valence-electron chi connectivity index (χ0n) is 10.1. The van der Waals surface area contributed by atoms with Gasteiger partial charge in [-0.15, -0.1) is 11.3 Å². The molecule has 1 aromatic heterocycles. The number of hydrogen-bond acceptors (Lipinski definition) is 4. The lowest BCUT2D eigenvalue weighted by atomic mass is 10.3. The van der Waals surface area contributed by atoms with Gasteiger partial charge in [-0.2, -0.15) is 0 Å². The molecule has 0 aliphatic carbocycles. The van der Waals surface area contributed by atoms with Gasteiger partial charge in [-0.1, -0.05) is 0 Å². The summed E-state index contributed by atoms with van der Waals surface area (Å²) in [5, 5.41) is 0.954. The minimum atomic E-state index is 0.0864. The Kier molecular flexibility index (Phi) is 4.89. The van der Waals surface area contributed by atoms with Crippen molar-refractivity contribution in [3.8, 4) is 0 Å². The molecule has 0 aliphatic rings. The molecule has 16 heavy (non-hydrogen) atoms. The van der Waals surface area contributed by atoms with Crippen LogP contribution in [0.3, 0.4) is 0 Å². The maximum absolute atomic E-state index is 12.1. The lowest BCUT2D eigenvalue weighted by Crippen LogP contribution is -2.30. The average molecular weight is 241 g/mol.